The van der Waals surface area contributed by atoms with Gasteiger partial charge >= 0.3 is 42.1 Å². The van der Waals surface area contributed by atoms with Gasteiger partial charge in [-0.25, -0.2) is 0 Å². The number of phenols is 1. The highest BCUT2D eigenvalue weighted by atomic mass is 19.4. The van der Waals surface area contributed by atoms with Gasteiger partial charge in [-0.05, 0) is 86.6 Å². The smallest absolute Gasteiger partial charge is 0.460 e. The number of aliphatic carboxylic acids is 1. The number of aromatic hydroxyl groups is 1. The number of phenolic OH excluding ortho intramolecular Hbond substituents is 1. The van der Waals surface area contributed by atoms with Crippen molar-refractivity contribution in [1.82, 2.24) is 0 Å². The molecule has 4 unspecified atom stereocenters. The summed E-state index contributed by atoms with van der Waals surface area (Å²) in [5.74, 6) is -22.1. The fraction of sp³-hybridized carbons (Fsp3) is 0.755. The number of ether oxygens (including phenoxy) is 1. The van der Waals surface area contributed by atoms with Gasteiger partial charge in [0.2, 0.25) is 0 Å². The molecule has 0 saturated heterocycles. The molecule has 0 fully saturated rings. The first-order valence-corrected chi connectivity index (χ1v) is 21.9. The van der Waals surface area contributed by atoms with Crippen molar-refractivity contribution in [2.45, 2.75) is 186 Å². The fourth-order valence-electron chi connectivity index (χ4n) is 7.49. The van der Waals surface area contributed by atoms with E-state index in [4.69, 9.17) is 9.84 Å². The van der Waals surface area contributed by atoms with Crippen molar-refractivity contribution >= 4 is 22.7 Å². The van der Waals surface area contributed by atoms with Crippen molar-refractivity contribution in [2.75, 3.05) is 6.61 Å². The molecule has 6 nitrogen and oxygen atoms in total. The van der Waals surface area contributed by atoms with Crippen LogP contribution in [0.2, 0.25) is 0 Å². The summed E-state index contributed by atoms with van der Waals surface area (Å²) in [4.78, 5) is 23.6. The summed E-state index contributed by atoms with van der Waals surface area (Å²) in [6.45, 7) is 29.7. The summed E-state index contributed by atoms with van der Waals surface area (Å²) in [5, 5.41) is 30.2. The maximum absolute atomic E-state index is 13.6. The molecule has 2 aromatic rings. The van der Waals surface area contributed by atoms with Crippen molar-refractivity contribution in [2.24, 2.45) is 44.3 Å². The number of rotatable bonds is 13. The molecule has 0 aliphatic heterocycles. The van der Waals surface area contributed by atoms with E-state index in [1.54, 1.807) is 47.6 Å². The minimum atomic E-state index is -7.09. The molecule has 67 heavy (non-hydrogen) atoms. The standard InChI is InChI=1S/C19H26O.C18H27F9O3.C12H21F3O2/c1-13(2)18(12-19(3,4)5)16-7-6-15-11-17(20)9-8-14(15)10-16;1-13(2,3)9-10(14(4,5)6)12(29)30-8-7-11(28)15(19,20)16(21,22)17(23,24)18(25,26)27;1-9(2,3)7-11(8(16)17,10(4,5)6)12(13,14)15/h6-11,13,18,20H,12H2,1-5H3;10-11,28H,7-9H2,1-6H3;7H2,1-6H3,(H,16,17). The molecular weight excluding hydrogens is 913 g/mol. The minimum absolute atomic E-state index is 0.296. The second-order valence-electron chi connectivity index (χ2n) is 23.5. The van der Waals surface area contributed by atoms with E-state index in [2.05, 4.69) is 52.8 Å². The minimum Gasteiger partial charge on any atom is -0.508 e. The van der Waals surface area contributed by atoms with Crippen LogP contribution in [0.4, 0.5) is 52.7 Å². The Kier molecular flexibility index (Phi) is 20.6. The van der Waals surface area contributed by atoms with Gasteiger partial charge in [-0.3, -0.25) is 9.59 Å². The Labute approximate surface area is 388 Å². The van der Waals surface area contributed by atoms with Gasteiger partial charge in [0.25, 0.3) is 0 Å². The molecule has 2 rings (SSSR count). The summed E-state index contributed by atoms with van der Waals surface area (Å²) in [5.41, 5.74) is -4.10. The van der Waals surface area contributed by atoms with Crippen LogP contribution in [-0.4, -0.2) is 70.1 Å². The van der Waals surface area contributed by atoms with E-state index in [-0.39, 0.29) is 5.41 Å². The monoisotopic (exact) mass is 987 g/mol. The van der Waals surface area contributed by atoms with Crippen LogP contribution in [0.25, 0.3) is 10.8 Å². The molecule has 390 valence electrons. The van der Waals surface area contributed by atoms with Crippen LogP contribution < -0.4 is 0 Å². The zero-order valence-electron chi connectivity index (χ0n) is 41.9. The van der Waals surface area contributed by atoms with E-state index in [1.165, 1.54) is 38.1 Å². The van der Waals surface area contributed by atoms with Crippen LogP contribution in [0.5, 0.6) is 5.75 Å². The first-order chi connectivity index (χ1) is 29.3. The summed E-state index contributed by atoms with van der Waals surface area (Å²) in [6.07, 6.45) is -15.8. The molecule has 0 aliphatic carbocycles. The number of carbonyl (C=O) groups excluding carboxylic acids is 1. The third kappa shape index (κ3) is 17.2. The Bertz CT molecular complexity index is 1890. The lowest BCUT2D eigenvalue weighted by atomic mass is 9.59. The number of aliphatic hydroxyl groups is 1. The van der Waals surface area contributed by atoms with Crippen LogP contribution in [0.1, 0.15) is 155 Å². The Morgan fingerprint density at radius 2 is 1.06 bits per heavy atom. The number of halogens is 12. The van der Waals surface area contributed by atoms with E-state index < -0.39 is 95.2 Å². The van der Waals surface area contributed by atoms with Crippen molar-refractivity contribution in [3.05, 3.63) is 42.0 Å². The molecule has 3 N–H and O–H groups in total. The molecule has 0 heterocycles. The fourth-order valence-corrected chi connectivity index (χ4v) is 7.49. The molecule has 0 aromatic heterocycles. The number of aliphatic hydroxyl groups excluding tert-OH is 1. The van der Waals surface area contributed by atoms with Gasteiger partial charge < -0.3 is 20.1 Å². The van der Waals surface area contributed by atoms with Crippen LogP contribution in [-0.2, 0) is 14.3 Å². The Balaban J connectivity index is 0.00000102. The summed E-state index contributed by atoms with van der Waals surface area (Å²) < 4.78 is 160. The molecule has 2 aromatic carbocycles. The number of fused-ring (bicyclic) bond motifs is 1. The lowest BCUT2D eigenvalue weighted by Crippen LogP contribution is -2.64. The Hall–Kier alpha value is -3.44. The number of esters is 1. The van der Waals surface area contributed by atoms with Gasteiger partial charge in [0.15, 0.2) is 5.41 Å². The van der Waals surface area contributed by atoms with Gasteiger partial charge in [-0.2, -0.15) is 52.7 Å². The van der Waals surface area contributed by atoms with Crippen molar-refractivity contribution in [3.8, 4) is 5.75 Å². The molecular formula is C49H74F12O6. The predicted molar refractivity (Wildman–Crippen MR) is 236 cm³/mol. The highest BCUT2D eigenvalue weighted by Gasteiger charge is 2.83. The average molecular weight is 987 g/mol. The normalized spacial score (nSPS) is 16.2. The van der Waals surface area contributed by atoms with Crippen molar-refractivity contribution in [1.29, 1.82) is 0 Å². The molecule has 4 atom stereocenters. The lowest BCUT2D eigenvalue weighted by molar-refractivity contribution is -0.406. The number of hydrogen-bond donors (Lipinski definition) is 3. The first-order valence-electron chi connectivity index (χ1n) is 21.9. The third-order valence-electron chi connectivity index (χ3n) is 11.2. The van der Waals surface area contributed by atoms with E-state index in [0.717, 1.165) is 5.39 Å². The Morgan fingerprint density at radius 3 is 1.40 bits per heavy atom. The average Bonchev–Trinajstić information content (AvgIpc) is 3.08. The summed E-state index contributed by atoms with van der Waals surface area (Å²) >= 11 is 0. The second kappa shape index (κ2) is 21.7. The largest absolute Gasteiger partial charge is 0.508 e. The van der Waals surface area contributed by atoms with Gasteiger partial charge in [-0.15, -0.1) is 0 Å². The van der Waals surface area contributed by atoms with Crippen LogP contribution in [0.3, 0.4) is 0 Å². The highest BCUT2D eigenvalue weighted by molar-refractivity contribution is 5.84. The number of carboxylic acid groups (broad SMARTS) is 1. The van der Waals surface area contributed by atoms with Gasteiger partial charge in [0.1, 0.15) is 11.9 Å². The quantitative estimate of drug-likeness (QED) is 0.136. The lowest BCUT2D eigenvalue weighted by Gasteiger charge is -2.45. The molecule has 0 spiro atoms. The molecule has 0 bridgehead atoms. The topological polar surface area (TPSA) is 104 Å². The number of hydrogen-bond acceptors (Lipinski definition) is 5. The first kappa shape index (κ1) is 63.6. The zero-order valence-corrected chi connectivity index (χ0v) is 41.9. The van der Waals surface area contributed by atoms with Gasteiger partial charge in [-0.1, -0.05) is 142 Å². The van der Waals surface area contributed by atoms with Gasteiger partial charge in [0, 0.05) is 6.42 Å². The number of carbonyl (C=O) groups is 2. The Morgan fingerprint density at radius 1 is 0.612 bits per heavy atom. The van der Waals surface area contributed by atoms with Crippen molar-refractivity contribution < 1.29 is 82.3 Å². The number of alkyl halides is 12. The van der Waals surface area contributed by atoms with Crippen LogP contribution in [0, 0.1) is 44.3 Å². The molecule has 18 heteroatoms. The second-order valence-corrected chi connectivity index (χ2v) is 23.5. The van der Waals surface area contributed by atoms with Crippen LogP contribution in [0.15, 0.2) is 36.4 Å². The summed E-state index contributed by atoms with van der Waals surface area (Å²) in [7, 11) is 0. The predicted octanol–water partition coefficient (Wildman–Crippen LogP) is 15.7. The zero-order chi connectivity index (χ0) is 53.8. The maximum Gasteiger partial charge on any atom is 0.460 e. The SMILES string of the molecule is CC(C)(C)CC(C(=O)O)(C(C)(C)C)C(F)(F)F.CC(C)(C)CC(C(=O)OCCC(O)C(F)(F)C(F)(F)C(F)(F)C(F)(F)F)C(C)(C)C.CC(C)C(CC(C)(C)C)c1ccc2cc(O)ccc2c1. The van der Waals surface area contributed by atoms with Crippen LogP contribution >= 0.6 is 0 Å². The van der Waals surface area contributed by atoms with E-state index in [0.29, 0.717) is 29.4 Å². The number of carboxylic acids is 1. The molecule has 0 saturated carbocycles. The van der Waals surface area contributed by atoms with Crippen molar-refractivity contribution in [3.63, 3.8) is 0 Å². The molecule has 0 amide bonds. The highest BCUT2D eigenvalue weighted by Crippen LogP contribution is 2.57. The van der Waals surface area contributed by atoms with E-state index >= 15 is 0 Å². The van der Waals surface area contributed by atoms with Gasteiger partial charge in [0.05, 0.1) is 12.5 Å². The van der Waals surface area contributed by atoms with E-state index in [1.807, 2.05) is 32.9 Å². The molecule has 0 aliphatic rings. The summed E-state index contributed by atoms with van der Waals surface area (Å²) in [6, 6.07) is 12.2. The van der Waals surface area contributed by atoms with E-state index in [9.17, 15) is 72.5 Å². The third-order valence-corrected chi connectivity index (χ3v) is 11.2. The number of benzene rings is 2. The maximum atomic E-state index is 13.6. The molecule has 0 radical (unpaired) electrons.